The standard InChI is InChI=1S/C15H20N2O3/c16-13(18)11-5-7-12(8-6-11)17-15(14(19)20)9-3-1-2-4-10-15/h5-8,17H,1-4,9-10H2,(H2,16,18)(H,19,20). The molecule has 0 spiro atoms. The average molecular weight is 276 g/mol. The van der Waals surface area contributed by atoms with Gasteiger partial charge in [0.15, 0.2) is 0 Å². The van der Waals surface area contributed by atoms with Gasteiger partial charge in [-0.3, -0.25) is 4.79 Å². The summed E-state index contributed by atoms with van der Waals surface area (Å²) >= 11 is 0. The van der Waals surface area contributed by atoms with E-state index in [2.05, 4.69) is 5.32 Å². The highest BCUT2D eigenvalue weighted by Gasteiger charge is 2.38. The van der Waals surface area contributed by atoms with Crippen LogP contribution < -0.4 is 11.1 Å². The molecule has 2 rings (SSSR count). The summed E-state index contributed by atoms with van der Waals surface area (Å²) in [7, 11) is 0. The van der Waals surface area contributed by atoms with Gasteiger partial charge in [0.25, 0.3) is 0 Å². The summed E-state index contributed by atoms with van der Waals surface area (Å²) in [6.07, 6.45) is 5.24. The minimum atomic E-state index is -0.898. The van der Waals surface area contributed by atoms with E-state index in [1.807, 2.05) is 0 Å². The van der Waals surface area contributed by atoms with Crippen LogP contribution in [0.1, 0.15) is 48.9 Å². The summed E-state index contributed by atoms with van der Waals surface area (Å²) in [6, 6.07) is 6.62. The van der Waals surface area contributed by atoms with Gasteiger partial charge in [0.2, 0.25) is 5.91 Å². The Morgan fingerprint density at radius 1 is 1.05 bits per heavy atom. The number of nitrogens with two attached hydrogens (primary N) is 1. The fraction of sp³-hybridized carbons (Fsp3) is 0.467. The number of rotatable bonds is 4. The summed E-state index contributed by atoms with van der Waals surface area (Å²) in [5, 5.41) is 12.7. The van der Waals surface area contributed by atoms with E-state index in [9.17, 15) is 14.7 Å². The van der Waals surface area contributed by atoms with Gasteiger partial charge in [-0.2, -0.15) is 0 Å². The molecule has 0 saturated heterocycles. The average Bonchev–Trinajstić information content (AvgIpc) is 2.66. The van der Waals surface area contributed by atoms with Crippen LogP contribution in [0.15, 0.2) is 24.3 Å². The van der Waals surface area contributed by atoms with Gasteiger partial charge in [-0.25, -0.2) is 4.79 Å². The molecular weight excluding hydrogens is 256 g/mol. The molecule has 20 heavy (non-hydrogen) atoms. The van der Waals surface area contributed by atoms with Crippen LogP contribution in [0, 0.1) is 0 Å². The second-order valence-electron chi connectivity index (χ2n) is 5.37. The molecule has 1 aliphatic rings. The SMILES string of the molecule is NC(=O)c1ccc(NC2(C(=O)O)CCCCCC2)cc1. The lowest BCUT2D eigenvalue weighted by Gasteiger charge is -2.30. The van der Waals surface area contributed by atoms with E-state index < -0.39 is 17.4 Å². The first-order valence-corrected chi connectivity index (χ1v) is 6.95. The first kappa shape index (κ1) is 14.4. The van der Waals surface area contributed by atoms with Crippen molar-refractivity contribution in [1.82, 2.24) is 0 Å². The number of carboxylic acid groups (broad SMARTS) is 1. The molecule has 0 radical (unpaired) electrons. The fourth-order valence-electron chi connectivity index (χ4n) is 2.72. The van der Waals surface area contributed by atoms with E-state index in [0.29, 0.717) is 24.1 Å². The lowest BCUT2D eigenvalue weighted by atomic mass is 9.90. The third-order valence-corrected chi connectivity index (χ3v) is 3.92. The highest BCUT2D eigenvalue weighted by atomic mass is 16.4. The maximum atomic E-state index is 11.7. The largest absolute Gasteiger partial charge is 0.480 e. The highest BCUT2D eigenvalue weighted by molar-refractivity contribution is 5.93. The number of hydrogen-bond acceptors (Lipinski definition) is 3. The summed E-state index contributed by atoms with van der Waals surface area (Å²) in [5.41, 5.74) is 5.42. The van der Waals surface area contributed by atoms with Crippen molar-refractivity contribution in [2.45, 2.75) is 44.1 Å². The quantitative estimate of drug-likeness (QED) is 0.736. The number of primary amides is 1. The van der Waals surface area contributed by atoms with E-state index in [-0.39, 0.29) is 0 Å². The van der Waals surface area contributed by atoms with Crippen LogP contribution >= 0.6 is 0 Å². The predicted molar refractivity (Wildman–Crippen MR) is 76.7 cm³/mol. The minimum absolute atomic E-state index is 0.417. The maximum Gasteiger partial charge on any atom is 0.329 e. The van der Waals surface area contributed by atoms with Gasteiger partial charge in [-0.1, -0.05) is 25.7 Å². The molecule has 0 aromatic heterocycles. The normalized spacial score (nSPS) is 18.0. The van der Waals surface area contributed by atoms with E-state index >= 15 is 0 Å². The van der Waals surface area contributed by atoms with Crippen LogP contribution in [0.4, 0.5) is 5.69 Å². The van der Waals surface area contributed by atoms with Gasteiger partial charge in [-0.15, -0.1) is 0 Å². The Morgan fingerprint density at radius 2 is 1.60 bits per heavy atom. The van der Waals surface area contributed by atoms with Gasteiger partial charge in [0, 0.05) is 11.3 Å². The number of carbonyl (C=O) groups excluding carboxylic acids is 1. The molecule has 108 valence electrons. The molecule has 5 nitrogen and oxygen atoms in total. The molecule has 0 atom stereocenters. The lowest BCUT2D eigenvalue weighted by molar-refractivity contribution is -0.142. The van der Waals surface area contributed by atoms with Crippen molar-refractivity contribution in [1.29, 1.82) is 0 Å². The van der Waals surface area contributed by atoms with E-state index in [1.165, 1.54) is 0 Å². The number of aliphatic carboxylic acids is 1. The van der Waals surface area contributed by atoms with Crippen LogP contribution in [0.5, 0.6) is 0 Å². The zero-order chi connectivity index (χ0) is 14.6. The Balaban J connectivity index is 2.19. The van der Waals surface area contributed by atoms with Crippen molar-refractivity contribution in [2.24, 2.45) is 5.73 Å². The van der Waals surface area contributed by atoms with Gasteiger partial charge in [0.1, 0.15) is 5.54 Å². The summed E-state index contributed by atoms with van der Waals surface area (Å²) in [5.74, 6) is -1.29. The number of carbonyl (C=O) groups is 2. The zero-order valence-corrected chi connectivity index (χ0v) is 11.4. The summed E-state index contributed by atoms with van der Waals surface area (Å²) in [6.45, 7) is 0. The third kappa shape index (κ3) is 3.10. The van der Waals surface area contributed by atoms with Crippen molar-refractivity contribution in [2.75, 3.05) is 5.32 Å². The molecule has 1 aromatic rings. The van der Waals surface area contributed by atoms with E-state index in [0.717, 1.165) is 25.7 Å². The summed E-state index contributed by atoms with van der Waals surface area (Å²) in [4.78, 5) is 22.7. The third-order valence-electron chi connectivity index (χ3n) is 3.92. The van der Waals surface area contributed by atoms with Gasteiger partial charge in [0.05, 0.1) is 0 Å². The first-order chi connectivity index (χ1) is 9.53. The Morgan fingerprint density at radius 3 is 2.05 bits per heavy atom. The highest BCUT2D eigenvalue weighted by Crippen LogP contribution is 2.31. The molecule has 0 aliphatic heterocycles. The zero-order valence-electron chi connectivity index (χ0n) is 11.4. The molecule has 0 unspecified atom stereocenters. The first-order valence-electron chi connectivity index (χ1n) is 6.95. The molecule has 1 fully saturated rings. The number of hydrogen-bond donors (Lipinski definition) is 3. The molecule has 5 heteroatoms. The van der Waals surface area contributed by atoms with Crippen molar-refractivity contribution >= 4 is 17.6 Å². The number of carboxylic acids is 1. The molecule has 4 N–H and O–H groups in total. The van der Waals surface area contributed by atoms with Gasteiger partial charge < -0.3 is 16.2 Å². The number of nitrogens with one attached hydrogen (secondary N) is 1. The monoisotopic (exact) mass is 276 g/mol. The molecular formula is C15H20N2O3. The van der Waals surface area contributed by atoms with Crippen molar-refractivity contribution in [3.8, 4) is 0 Å². The minimum Gasteiger partial charge on any atom is -0.480 e. The molecule has 0 bridgehead atoms. The maximum absolute atomic E-state index is 11.7. The number of amides is 1. The van der Waals surface area contributed by atoms with Crippen LogP contribution in [-0.2, 0) is 4.79 Å². The lowest BCUT2D eigenvalue weighted by Crippen LogP contribution is -2.46. The van der Waals surface area contributed by atoms with Crippen molar-refractivity contribution in [3.05, 3.63) is 29.8 Å². The molecule has 1 amide bonds. The molecule has 0 heterocycles. The predicted octanol–water partition coefficient (Wildman–Crippen LogP) is 2.38. The Bertz CT molecular complexity index is 488. The smallest absolute Gasteiger partial charge is 0.329 e. The van der Waals surface area contributed by atoms with Crippen LogP contribution in [0.25, 0.3) is 0 Å². The van der Waals surface area contributed by atoms with Crippen LogP contribution in [0.3, 0.4) is 0 Å². The molecule has 1 saturated carbocycles. The number of benzene rings is 1. The van der Waals surface area contributed by atoms with Gasteiger partial charge in [-0.05, 0) is 37.1 Å². The number of anilines is 1. The summed E-state index contributed by atoms with van der Waals surface area (Å²) < 4.78 is 0. The van der Waals surface area contributed by atoms with E-state index in [4.69, 9.17) is 5.73 Å². The van der Waals surface area contributed by atoms with Crippen molar-refractivity contribution in [3.63, 3.8) is 0 Å². The Kier molecular flexibility index (Phi) is 4.27. The van der Waals surface area contributed by atoms with E-state index in [1.54, 1.807) is 24.3 Å². The van der Waals surface area contributed by atoms with Crippen LogP contribution in [0.2, 0.25) is 0 Å². The molecule has 1 aromatic carbocycles. The Hall–Kier alpha value is -2.04. The second-order valence-corrected chi connectivity index (χ2v) is 5.37. The Labute approximate surface area is 118 Å². The second kappa shape index (κ2) is 5.94. The van der Waals surface area contributed by atoms with Gasteiger partial charge >= 0.3 is 5.97 Å². The topological polar surface area (TPSA) is 92.4 Å². The molecule has 1 aliphatic carbocycles. The fourth-order valence-corrected chi connectivity index (χ4v) is 2.72. The van der Waals surface area contributed by atoms with Crippen LogP contribution in [-0.4, -0.2) is 22.5 Å². The van der Waals surface area contributed by atoms with Crippen molar-refractivity contribution < 1.29 is 14.7 Å².